The van der Waals surface area contributed by atoms with Gasteiger partial charge in [-0.3, -0.25) is 0 Å². The number of benzene rings is 2. The molecule has 1 aliphatic heterocycles. The fraction of sp³-hybridized carbons (Fsp3) is 0.656. The van der Waals surface area contributed by atoms with E-state index in [0.717, 1.165) is 34.9 Å². The molecule has 1 aliphatic rings. The Hall–Kier alpha value is -2.90. The number of aromatic nitrogens is 1. The minimum atomic E-state index is -0.487. The molecule has 5 atom stereocenters. The SMILES string of the molecule is C.CB(O)CN(C)C(=S)C(C)(C)N.CB(O)CN(C)C(=S)CN.CB(O)CN(C)C(=S)[C@@H](N)C(C)C.CB(O)CN(C)C(=S)[C@@H](N)Cc1c[nH]c2ccccc12.CB(O)CN(C)C(=S)[C@@H](N)Cc1ccccc1.CB(O)CN(C)C(=S)[C@@H]1CCCN1.CB(O)CN(C)C(=S)[C@H](C)N. The van der Waals surface area contributed by atoms with Crippen molar-refractivity contribution in [2.45, 2.75) is 151 Å². The van der Waals surface area contributed by atoms with Crippen LogP contribution in [0.3, 0.4) is 0 Å². The molecule has 1 saturated heterocycles. The van der Waals surface area contributed by atoms with E-state index in [0.29, 0.717) is 95.0 Å². The van der Waals surface area contributed by atoms with Crippen LogP contribution in [0.5, 0.6) is 0 Å². The Morgan fingerprint density at radius 3 is 1.29 bits per heavy atom. The average Bonchev–Trinajstić information content (AvgIpc) is 1.72. The number of thiocarbonyl (C=S) groups is 7. The number of H-pyrrole nitrogens is 1. The monoisotopic (exact) mass is 1480 g/mol. The maximum atomic E-state index is 9.40. The number of nitrogens with zero attached hydrogens (tertiary/aromatic N) is 7. The highest BCUT2D eigenvalue weighted by molar-refractivity contribution is 7.81. The summed E-state index contributed by atoms with van der Waals surface area (Å²) < 4.78 is 0. The van der Waals surface area contributed by atoms with Crippen LogP contribution in [-0.4, -0.2) is 301 Å². The lowest BCUT2D eigenvalue weighted by Crippen LogP contribution is -2.50. The van der Waals surface area contributed by atoms with E-state index in [9.17, 15) is 15.1 Å². The molecule has 1 aromatic heterocycles. The lowest BCUT2D eigenvalue weighted by atomic mass is 9.71. The zero-order valence-corrected chi connectivity index (χ0v) is 66.8. The van der Waals surface area contributed by atoms with Crippen LogP contribution in [0.25, 0.3) is 10.9 Å². The Morgan fingerprint density at radius 1 is 0.536 bits per heavy atom. The van der Waals surface area contributed by atoms with Crippen molar-refractivity contribution < 1.29 is 35.2 Å². The number of hydrogen-bond acceptors (Lipinski definition) is 21. The summed E-state index contributed by atoms with van der Waals surface area (Å²) in [4.78, 5) is 21.2. The number of nitrogens with two attached hydrogens (primary N) is 6. The van der Waals surface area contributed by atoms with Gasteiger partial charge in [-0.2, -0.15) is 0 Å². The number of rotatable bonds is 26. The van der Waals surface area contributed by atoms with Crippen LogP contribution in [0.1, 0.15) is 66.0 Å². The largest absolute Gasteiger partial charge is 0.449 e. The van der Waals surface area contributed by atoms with Crippen LogP contribution in [0, 0.1) is 5.92 Å². The van der Waals surface area contributed by atoms with Crippen LogP contribution in [0.15, 0.2) is 60.8 Å². The molecule has 36 heteroatoms. The number of nitrogens with one attached hydrogen (secondary N) is 2. The predicted octanol–water partition coefficient (Wildman–Crippen LogP) is 2.82. The Morgan fingerprint density at radius 2 is 0.907 bits per heavy atom. The van der Waals surface area contributed by atoms with E-state index in [1.165, 1.54) is 22.9 Å². The van der Waals surface area contributed by atoms with Crippen LogP contribution in [-0.2, 0) is 12.8 Å². The average molecular weight is 1480 g/mol. The summed E-state index contributed by atoms with van der Waals surface area (Å²) in [6, 6.07) is 17.9. The highest BCUT2D eigenvalue weighted by Gasteiger charge is 2.25. The second-order valence-corrected chi connectivity index (χ2v) is 29.0. The molecular formula is C61H124B7N15O7S7. The molecule has 548 valence electrons. The Kier molecular flexibility index (Phi) is 55.8. The first-order chi connectivity index (χ1) is 44.2. The number of aromatic amines is 1. The number of para-hydroxylation sites is 1. The van der Waals surface area contributed by atoms with Gasteiger partial charge in [0.25, 0.3) is 0 Å². The molecular weight excluding hydrogens is 1350 g/mol. The van der Waals surface area contributed by atoms with Crippen LogP contribution >= 0.6 is 85.5 Å². The van der Waals surface area contributed by atoms with Crippen molar-refractivity contribution in [1.29, 1.82) is 0 Å². The minimum Gasteiger partial charge on any atom is -0.449 e. The van der Waals surface area contributed by atoms with E-state index >= 15 is 0 Å². The lowest BCUT2D eigenvalue weighted by molar-refractivity contribution is 0.483. The Labute approximate surface area is 626 Å². The second kappa shape index (κ2) is 53.9. The maximum Gasteiger partial charge on any atom is 0.305 e. The molecule has 2 heterocycles. The topological polar surface area (TPSA) is 348 Å². The predicted molar refractivity (Wildman–Crippen MR) is 453 cm³/mol. The van der Waals surface area contributed by atoms with Crippen molar-refractivity contribution in [1.82, 2.24) is 44.6 Å². The summed E-state index contributed by atoms with van der Waals surface area (Å²) in [5.74, 6) is 0.337. The lowest BCUT2D eigenvalue weighted by Gasteiger charge is -2.29. The fourth-order valence-electron chi connectivity index (χ4n) is 9.25. The highest BCUT2D eigenvalue weighted by atomic mass is 32.1. The van der Waals surface area contributed by atoms with Gasteiger partial charge in [0.2, 0.25) is 0 Å². The highest BCUT2D eigenvalue weighted by Crippen LogP contribution is 2.20. The minimum absolute atomic E-state index is 0. The van der Waals surface area contributed by atoms with Crippen LogP contribution in [0.2, 0.25) is 47.8 Å². The van der Waals surface area contributed by atoms with Gasteiger partial charge in [0.05, 0.1) is 70.7 Å². The number of hydrogen-bond donors (Lipinski definition) is 15. The van der Waals surface area contributed by atoms with E-state index in [1.807, 2.05) is 158 Å². The van der Waals surface area contributed by atoms with Crippen molar-refractivity contribution in [2.75, 3.05) is 108 Å². The van der Waals surface area contributed by atoms with E-state index in [-0.39, 0.29) is 66.2 Å². The molecule has 0 saturated carbocycles. The summed E-state index contributed by atoms with van der Waals surface area (Å²) >= 11 is 36.2. The smallest absolute Gasteiger partial charge is 0.305 e. The van der Waals surface area contributed by atoms with Gasteiger partial charge in [-0.25, -0.2) is 0 Å². The first-order valence-corrected chi connectivity index (χ1v) is 35.4. The summed E-state index contributed by atoms with van der Waals surface area (Å²) in [7, 11) is 13.0. The normalized spacial score (nSPS) is 13.0. The van der Waals surface area contributed by atoms with Gasteiger partial charge in [-0.15, -0.1) is 0 Å². The molecule has 0 amide bonds. The van der Waals surface area contributed by atoms with Crippen LogP contribution in [0.4, 0.5) is 0 Å². The molecule has 0 spiro atoms. The third-order valence-corrected chi connectivity index (χ3v) is 18.4. The van der Waals surface area contributed by atoms with E-state index < -0.39 is 19.4 Å². The van der Waals surface area contributed by atoms with Gasteiger partial charge in [0.15, 0.2) is 0 Å². The summed E-state index contributed by atoms with van der Waals surface area (Å²) in [6.45, 7) is 20.6. The van der Waals surface area contributed by atoms with Crippen molar-refractivity contribution >= 4 is 180 Å². The van der Waals surface area contributed by atoms with E-state index in [1.54, 1.807) is 62.5 Å². The molecule has 0 unspecified atom stereocenters. The first kappa shape index (κ1) is 100. The summed E-state index contributed by atoms with van der Waals surface area (Å²) in [6.07, 6.45) is 9.53. The van der Waals surface area contributed by atoms with E-state index in [4.69, 9.17) is 140 Å². The van der Waals surface area contributed by atoms with Crippen molar-refractivity contribution in [3.05, 3.63) is 71.9 Å². The zero-order chi connectivity index (χ0) is 75.1. The summed E-state index contributed by atoms with van der Waals surface area (Å²) in [5, 5.41) is 68.6. The molecule has 3 aromatic rings. The van der Waals surface area contributed by atoms with Gasteiger partial charge in [-0.1, -0.05) is 203 Å². The number of likely N-dealkylation sites (N-methyl/N-ethyl adjacent to an activating group) is 7. The zero-order valence-electron chi connectivity index (χ0n) is 61.1. The third-order valence-electron chi connectivity index (χ3n) is 13.9. The van der Waals surface area contributed by atoms with Gasteiger partial charge < -0.3 is 114 Å². The van der Waals surface area contributed by atoms with Gasteiger partial charge in [0, 0.05) is 118 Å². The van der Waals surface area contributed by atoms with Crippen molar-refractivity contribution in [3.8, 4) is 0 Å². The van der Waals surface area contributed by atoms with Gasteiger partial charge in [-0.05, 0) is 76.1 Å². The first-order valence-electron chi connectivity index (χ1n) is 32.6. The molecule has 2 aromatic carbocycles. The molecule has 0 bridgehead atoms. The maximum absolute atomic E-state index is 9.40. The van der Waals surface area contributed by atoms with Gasteiger partial charge in [0.1, 0.15) is 0 Å². The molecule has 97 heavy (non-hydrogen) atoms. The molecule has 22 nitrogen and oxygen atoms in total. The molecule has 0 radical (unpaired) electrons. The van der Waals surface area contributed by atoms with Crippen LogP contribution < -0.4 is 39.7 Å². The molecule has 21 N–H and O–H groups in total. The van der Waals surface area contributed by atoms with Crippen molar-refractivity contribution in [3.63, 3.8) is 0 Å². The Balaban J connectivity index is -0.000000526. The second-order valence-electron chi connectivity index (χ2n) is 26.1. The standard InChI is InChI=1S/C14H20BN3OS.C12H19BN2OS.C8H17BN2OS.C8H19BN2OS.C7H17BN2OS.C6H15BN2OS.C5H13BN2OS.CH4/c1-15(19)9-18(2)14(20)12(16)7-10-8-17-13-6-4-3-5-11(10)13;1-13(16)9-15(2)12(17)11(14)8-10-6-4-3-5-7-10;1-9(12)6-11(2)8(13)7-4-3-5-10-7;1-6(2)7(10)8(13)11(4)5-9(3)12;1-7(2,9)6(12)10(4)5-8(3)11;1-5(8)6(11)9(3)4-7(2)10;1-6(9)4-8(2)5(10)3-7;/h3-6,8,12,17,19H,7,9,16H2,1-2H3;3-7,11,16H,8-9,14H2,1-2H3;7,10,12H,3-6H2,1-2H3;6-7,12H,5,10H2,1-4H3;11H,5,9H2,1-4H3;5,10H,4,8H2,1-3H3;9H,3-4,7H2,1-2H3;1H4/t12-;11-;2*7-;;5-;;/m0000.0../s1. The number of fused-ring (bicyclic) bond motifs is 1. The molecule has 4 rings (SSSR count). The summed E-state index contributed by atoms with van der Waals surface area (Å²) in [5.41, 5.74) is 37.7. The van der Waals surface area contributed by atoms with E-state index in [2.05, 4.69) is 16.4 Å². The quantitative estimate of drug-likeness (QED) is 0.0406. The Bertz CT molecular complexity index is 2650. The van der Waals surface area contributed by atoms with Crippen molar-refractivity contribution in [2.24, 2.45) is 40.3 Å². The fourth-order valence-corrected chi connectivity index (χ4v) is 10.4. The molecule has 1 fully saturated rings. The molecule has 0 aliphatic carbocycles. The third kappa shape index (κ3) is 47.1. The van der Waals surface area contributed by atoms with Gasteiger partial charge >= 0.3 is 48.4 Å².